The van der Waals surface area contributed by atoms with Crippen molar-refractivity contribution in [1.82, 2.24) is 0 Å². The second-order valence-corrected chi connectivity index (χ2v) is 5.84. The van der Waals surface area contributed by atoms with Gasteiger partial charge in [0, 0.05) is 15.8 Å². The fourth-order valence-electron chi connectivity index (χ4n) is 1.86. The Balaban J connectivity index is 2.01. The number of carboxylic acid groups (broad SMARTS) is 1. The molecular weight excluding hydrogens is 424 g/mol. The molecule has 3 N–H and O–H groups in total. The topological polar surface area (TPSA) is 61.4 Å². The van der Waals surface area contributed by atoms with E-state index >= 15 is 0 Å². The molecule has 0 fully saturated rings. The van der Waals surface area contributed by atoms with Crippen LogP contribution in [0.4, 0.5) is 29.3 Å². The molecule has 0 radical (unpaired) electrons. The van der Waals surface area contributed by atoms with Gasteiger partial charge in [0.15, 0.2) is 0 Å². The number of amides is 1. The van der Waals surface area contributed by atoms with E-state index in [1.807, 2.05) is 22.6 Å². The standard InChI is InChI=1S/C15H12F3IN2O2/c16-15(17,18)10-3-1-9(2-4-10)8-20-11-5-6-13(12(19)7-11)21-14(22)23/h1-7,20-21H,8H2,(H,22,23). The quantitative estimate of drug-likeness (QED) is 0.591. The van der Waals surface area contributed by atoms with Crippen LogP contribution in [0, 0.1) is 3.57 Å². The van der Waals surface area contributed by atoms with Gasteiger partial charge in [0.25, 0.3) is 0 Å². The summed E-state index contributed by atoms with van der Waals surface area (Å²) in [6.07, 6.45) is -5.48. The predicted octanol–water partition coefficient (Wildman–Crippen LogP) is 5.01. The van der Waals surface area contributed by atoms with E-state index in [1.165, 1.54) is 12.1 Å². The summed E-state index contributed by atoms with van der Waals surface area (Å²) in [5, 5.41) is 14.0. The summed E-state index contributed by atoms with van der Waals surface area (Å²) in [6.45, 7) is 0.361. The first-order valence-corrected chi connectivity index (χ1v) is 7.53. The van der Waals surface area contributed by atoms with Gasteiger partial charge >= 0.3 is 12.3 Å². The molecule has 8 heteroatoms. The molecule has 0 heterocycles. The van der Waals surface area contributed by atoms with E-state index in [4.69, 9.17) is 5.11 Å². The maximum absolute atomic E-state index is 12.5. The summed E-state index contributed by atoms with van der Waals surface area (Å²) in [6, 6.07) is 9.97. The van der Waals surface area contributed by atoms with E-state index in [-0.39, 0.29) is 0 Å². The third-order valence-corrected chi connectivity index (χ3v) is 3.88. The summed E-state index contributed by atoms with van der Waals surface area (Å²) in [7, 11) is 0. The van der Waals surface area contributed by atoms with Crippen LogP contribution in [0.3, 0.4) is 0 Å². The molecule has 122 valence electrons. The molecule has 0 aliphatic carbocycles. The van der Waals surface area contributed by atoms with Crippen LogP contribution in [-0.4, -0.2) is 11.2 Å². The van der Waals surface area contributed by atoms with Gasteiger partial charge in [0.2, 0.25) is 0 Å². The first-order chi connectivity index (χ1) is 10.8. The lowest BCUT2D eigenvalue weighted by atomic mass is 10.1. The smallest absolute Gasteiger partial charge is 0.416 e. The zero-order valence-corrected chi connectivity index (χ0v) is 13.8. The van der Waals surface area contributed by atoms with Crippen LogP contribution in [0.25, 0.3) is 0 Å². The van der Waals surface area contributed by atoms with E-state index in [0.29, 0.717) is 21.4 Å². The number of hydrogen-bond acceptors (Lipinski definition) is 2. The minimum atomic E-state index is -4.34. The largest absolute Gasteiger partial charge is 0.465 e. The van der Waals surface area contributed by atoms with Gasteiger partial charge in [-0.15, -0.1) is 0 Å². The SMILES string of the molecule is O=C(O)Nc1ccc(NCc2ccc(C(F)(F)F)cc2)cc1I. The van der Waals surface area contributed by atoms with Crippen molar-refractivity contribution in [2.24, 2.45) is 0 Å². The van der Waals surface area contributed by atoms with Crippen molar-refractivity contribution < 1.29 is 23.1 Å². The molecule has 23 heavy (non-hydrogen) atoms. The van der Waals surface area contributed by atoms with Crippen molar-refractivity contribution in [3.63, 3.8) is 0 Å². The Morgan fingerprint density at radius 2 is 1.78 bits per heavy atom. The second-order valence-electron chi connectivity index (χ2n) is 4.67. The summed E-state index contributed by atoms with van der Waals surface area (Å²) in [4.78, 5) is 10.6. The van der Waals surface area contributed by atoms with Crippen molar-refractivity contribution in [3.05, 3.63) is 57.2 Å². The number of anilines is 2. The van der Waals surface area contributed by atoms with Crippen molar-refractivity contribution in [2.75, 3.05) is 10.6 Å². The molecule has 2 aromatic rings. The number of benzene rings is 2. The molecule has 2 rings (SSSR count). The van der Waals surface area contributed by atoms with Crippen LogP contribution in [0.2, 0.25) is 0 Å². The molecule has 2 aromatic carbocycles. The monoisotopic (exact) mass is 436 g/mol. The number of carbonyl (C=O) groups is 1. The Bertz CT molecular complexity index is 703. The van der Waals surface area contributed by atoms with E-state index in [2.05, 4.69) is 10.6 Å². The molecule has 0 atom stereocenters. The van der Waals surface area contributed by atoms with Crippen LogP contribution in [0.5, 0.6) is 0 Å². The normalized spacial score (nSPS) is 11.1. The predicted molar refractivity (Wildman–Crippen MR) is 89.6 cm³/mol. The van der Waals surface area contributed by atoms with Gasteiger partial charge in [-0.3, -0.25) is 5.32 Å². The highest BCUT2D eigenvalue weighted by Gasteiger charge is 2.29. The molecule has 0 spiro atoms. The van der Waals surface area contributed by atoms with Crippen molar-refractivity contribution in [1.29, 1.82) is 0 Å². The number of halogens is 4. The van der Waals surface area contributed by atoms with Gasteiger partial charge in [-0.25, -0.2) is 4.79 Å². The maximum Gasteiger partial charge on any atom is 0.416 e. The summed E-state index contributed by atoms with van der Waals surface area (Å²) >= 11 is 2.00. The van der Waals surface area contributed by atoms with Crippen LogP contribution < -0.4 is 10.6 Å². The Kier molecular flexibility index (Phi) is 5.34. The molecule has 0 aliphatic rings. The number of hydrogen-bond donors (Lipinski definition) is 3. The van der Waals surface area contributed by atoms with Crippen LogP contribution in [0.1, 0.15) is 11.1 Å². The lowest BCUT2D eigenvalue weighted by Gasteiger charge is -2.11. The van der Waals surface area contributed by atoms with Gasteiger partial charge in [0.05, 0.1) is 11.3 Å². The Morgan fingerprint density at radius 1 is 1.13 bits per heavy atom. The number of nitrogens with one attached hydrogen (secondary N) is 2. The average Bonchev–Trinajstić information content (AvgIpc) is 2.47. The Morgan fingerprint density at radius 3 is 2.30 bits per heavy atom. The second kappa shape index (κ2) is 7.07. The van der Waals surface area contributed by atoms with Crippen LogP contribution in [0.15, 0.2) is 42.5 Å². The minimum absolute atomic E-state index is 0.361. The van der Waals surface area contributed by atoms with Gasteiger partial charge < -0.3 is 10.4 Å². The fraction of sp³-hybridized carbons (Fsp3) is 0.133. The van der Waals surface area contributed by atoms with E-state index in [0.717, 1.165) is 17.8 Å². The number of alkyl halides is 3. The van der Waals surface area contributed by atoms with Crippen molar-refractivity contribution in [3.8, 4) is 0 Å². The first kappa shape index (κ1) is 17.4. The van der Waals surface area contributed by atoms with Gasteiger partial charge in [0.1, 0.15) is 0 Å². The van der Waals surface area contributed by atoms with Crippen LogP contribution >= 0.6 is 22.6 Å². The van der Waals surface area contributed by atoms with Crippen molar-refractivity contribution >= 4 is 40.1 Å². The molecule has 0 aromatic heterocycles. The zero-order valence-electron chi connectivity index (χ0n) is 11.6. The van der Waals surface area contributed by atoms with Crippen LogP contribution in [-0.2, 0) is 12.7 Å². The fourth-order valence-corrected chi connectivity index (χ4v) is 2.51. The van der Waals surface area contributed by atoms with E-state index in [1.54, 1.807) is 18.2 Å². The highest BCUT2D eigenvalue weighted by molar-refractivity contribution is 14.1. The highest BCUT2D eigenvalue weighted by Crippen LogP contribution is 2.29. The Hall–Kier alpha value is -1.97. The molecule has 0 bridgehead atoms. The van der Waals surface area contributed by atoms with Gasteiger partial charge in [-0.2, -0.15) is 13.2 Å². The minimum Gasteiger partial charge on any atom is -0.465 e. The number of rotatable bonds is 4. The summed E-state index contributed by atoms with van der Waals surface area (Å²) in [5.74, 6) is 0. The molecule has 0 aliphatic heterocycles. The van der Waals surface area contributed by atoms with Gasteiger partial charge in [-0.1, -0.05) is 12.1 Å². The molecule has 0 saturated heterocycles. The highest BCUT2D eigenvalue weighted by atomic mass is 127. The summed E-state index contributed by atoms with van der Waals surface area (Å²) < 4.78 is 38.1. The van der Waals surface area contributed by atoms with Gasteiger partial charge in [-0.05, 0) is 58.5 Å². The Labute approximate surface area is 143 Å². The molecule has 1 amide bonds. The van der Waals surface area contributed by atoms with Crippen molar-refractivity contribution in [2.45, 2.75) is 12.7 Å². The maximum atomic E-state index is 12.5. The molecule has 0 saturated carbocycles. The molecule has 0 unspecified atom stereocenters. The molecular formula is C15H12F3IN2O2. The first-order valence-electron chi connectivity index (χ1n) is 6.45. The van der Waals surface area contributed by atoms with E-state index in [9.17, 15) is 18.0 Å². The lowest BCUT2D eigenvalue weighted by Crippen LogP contribution is -2.09. The summed E-state index contributed by atoms with van der Waals surface area (Å²) in [5.41, 5.74) is 1.24. The third kappa shape index (κ3) is 5.02. The lowest BCUT2D eigenvalue weighted by molar-refractivity contribution is -0.137. The molecule has 4 nitrogen and oxygen atoms in total. The van der Waals surface area contributed by atoms with E-state index < -0.39 is 17.8 Å². The third-order valence-electron chi connectivity index (χ3n) is 2.99. The average molecular weight is 436 g/mol. The zero-order chi connectivity index (χ0) is 17.0.